The first-order chi connectivity index (χ1) is 8.47. The van der Waals surface area contributed by atoms with Crippen LogP contribution in [0.1, 0.15) is 32.4 Å². The molecule has 0 aliphatic carbocycles. The van der Waals surface area contributed by atoms with Crippen molar-refractivity contribution in [3.8, 4) is 0 Å². The van der Waals surface area contributed by atoms with E-state index in [-0.39, 0.29) is 12.5 Å². The lowest BCUT2D eigenvalue weighted by Crippen LogP contribution is -2.29. The van der Waals surface area contributed by atoms with E-state index in [4.69, 9.17) is 4.74 Å². The van der Waals surface area contributed by atoms with Gasteiger partial charge in [0.25, 0.3) is 0 Å². The van der Waals surface area contributed by atoms with Gasteiger partial charge in [-0.1, -0.05) is 26.0 Å². The monoisotopic (exact) mass is 254 g/mol. The zero-order valence-electron chi connectivity index (χ0n) is 10.9. The van der Waals surface area contributed by atoms with Crippen molar-refractivity contribution < 1.29 is 19.0 Å². The average Bonchev–Trinajstić information content (AvgIpc) is 2.28. The summed E-state index contributed by atoms with van der Waals surface area (Å²) in [5.41, 5.74) is 0.391. The van der Waals surface area contributed by atoms with Crippen molar-refractivity contribution in [1.29, 1.82) is 0 Å². The van der Waals surface area contributed by atoms with Crippen LogP contribution in [0, 0.1) is 17.7 Å². The molecule has 0 bridgehead atoms. The fourth-order valence-electron chi connectivity index (χ4n) is 1.90. The molecule has 2 unspecified atom stereocenters. The summed E-state index contributed by atoms with van der Waals surface area (Å²) in [4.78, 5) is 11.8. The standard InChI is InChI=1S/C14H19FO3/c1-4-18-14(17)12(9(2)3)13(16)10-6-5-7-11(15)8-10/h5-9,12-13,16H,4H2,1-3H3. The fraction of sp³-hybridized carbons (Fsp3) is 0.500. The highest BCUT2D eigenvalue weighted by Crippen LogP contribution is 2.29. The van der Waals surface area contributed by atoms with Crippen LogP contribution in [-0.4, -0.2) is 17.7 Å². The van der Waals surface area contributed by atoms with Crippen LogP contribution >= 0.6 is 0 Å². The van der Waals surface area contributed by atoms with E-state index in [9.17, 15) is 14.3 Å². The first-order valence-corrected chi connectivity index (χ1v) is 6.07. The molecule has 0 radical (unpaired) electrons. The fourth-order valence-corrected chi connectivity index (χ4v) is 1.90. The Morgan fingerprint density at radius 3 is 2.61 bits per heavy atom. The Morgan fingerprint density at radius 1 is 1.44 bits per heavy atom. The minimum atomic E-state index is -1.06. The molecule has 4 heteroatoms. The maximum atomic E-state index is 13.1. The summed E-state index contributed by atoms with van der Waals surface area (Å²) >= 11 is 0. The predicted octanol–water partition coefficient (Wildman–Crippen LogP) is 2.69. The topological polar surface area (TPSA) is 46.5 Å². The van der Waals surface area contributed by atoms with Crippen LogP contribution in [-0.2, 0) is 9.53 Å². The van der Waals surface area contributed by atoms with Crippen molar-refractivity contribution in [3.63, 3.8) is 0 Å². The van der Waals surface area contributed by atoms with Crippen LogP contribution in [0.5, 0.6) is 0 Å². The smallest absolute Gasteiger partial charge is 0.312 e. The van der Waals surface area contributed by atoms with Gasteiger partial charge in [0.05, 0.1) is 18.6 Å². The average molecular weight is 254 g/mol. The number of aliphatic hydroxyl groups excluding tert-OH is 1. The molecule has 0 fully saturated rings. The van der Waals surface area contributed by atoms with Crippen LogP contribution in [0.4, 0.5) is 4.39 Å². The van der Waals surface area contributed by atoms with Crippen LogP contribution in [0.2, 0.25) is 0 Å². The van der Waals surface area contributed by atoms with Gasteiger partial charge in [-0.3, -0.25) is 4.79 Å². The maximum absolute atomic E-state index is 13.1. The van der Waals surface area contributed by atoms with E-state index in [0.717, 1.165) is 0 Å². The van der Waals surface area contributed by atoms with Gasteiger partial charge in [0, 0.05) is 0 Å². The van der Waals surface area contributed by atoms with E-state index in [1.807, 2.05) is 13.8 Å². The highest BCUT2D eigenvalue weighted by Gasteiger charge is 2.32. The number of hydrogen-bond donors (Lipinski definition) is 1. The van der Waals surface area contributed by atoms with Crippen LogP contribution in [0.25, 0.3) is 0 Å². The summed E-state index contributed by atoms with van der Waals surface area (Å²) in [5, 5.41) is 10.2. The zero-order chi connectivity index (χ0) is 13.7. The number of benzene rings is 1. The molecule has 3 nitrogen and oxygen atoms in total. The number of esters is 1. The largest absolute Gasteiger partial charge is 0.466 e. The van der Waals surface area contributed by atoms with Gasteiger partial charge < -0.3 is 9.84 Å². The second-order valence-electron chi connectivity index (χ2n) is 4.52. The molecule has 1 aromatic rings. The summed E-state index contributed by atoms with van der Waals surface area (Å²) in [6.07, 6.45) is -1.06. The van der Waals surface area contributed by atoms with Crippen molar-refractivity contribution in [3.05, 3.63) is 35.6 Å². The van der Waals surface area contributed by atoms with E-state index < -0.39 is 23.8 Å². The minimum Gasteiger partial charge on any atom is -0.466 e. The molecular formula is C14H19FO3. The van der Waals surface area contributed by atoms with Gasteiger partial charge in [-0.05, 0) is 30.5 Å². The van der Waals surface area contributed by atoms with E-state index in [1.54, 1.807) is 13.0 Å². The summed E-state index contributed by atoms with van der Waals surface area (Å²) in [7, 11) is 0. The lowest BCUT2D eigenvalue weighted by Gasteiger charge is -2.24. The molecule has 0 saturated heterocycles. The SMILES string of the molecule is CCOC(=O)C(C(C)C)C(O)c1cccc(F)c1. The molecule has 2 atom stereocenters. The second kappa shape index (κ2) is 6.50. The molecule has 18 heavy (non-hydrogen) atoms. The third kappa shape index (κ3) is 3.53. The Morgan fingerprint density at radius 2 is 2.11 bits per heavy atom. The molecule has 0 aromatic heterocycles. The number of carbonyl (C=O) groups is 1. The lowest BCUT2D eigenvalue weighted by atomic mass is 9.86. The van der Waals surface area contributed by atoms with E-state index in [2.05, 4.69) is 0 Å². The van der Waals surface area contributed by atoms with E-state index in [1.165, 1.54) is 18.2 Å². The van der Waals surface area contributed by atoms with Crippen molar-refractivity contribution in [2.45, 2.75) is 26.9 Å². The molecular weight excluding hydrogens is 235 g/mol. The Bertz CT molecular complexity index is 404. The van der Waals surface area contributed by atoms with Gasteiger partial charge in [0.2, 0.25) is 0 Å². The maximum Gasteiger partial charge on any atom is 0.312 e. The molecule has 1 aromatic carbocycles. The van der Waals surface area contributed by atoms with Gasteiger partial charge in [0.1, 0.15) is 5.82 Å². The first kappa shape index (κ1) is 14.6. The Balaban J connectivity index is 2.96. The summed E-state index contributed by atoms with van der Waals surface area (Å²) < 4.78 is 18.1. The second-order valence-corrected chi connectivity index (χ2v) is 4.52. The molecule has 1 rings (SSSR count). The van der Waals surface area contributed by atoms with Gasteiger partial charge >= 0.3 is 5.97 Å². The number of hydrogen-bond acceptors (Lipinski definition) is 3. The van der Waals surface area contributed by atoms with Crippen molar-refractivity contribution >= 4 is 5.97 Å². The third-order valence-electron chi connectivity index (χ3n) is 2.81. The first-order valence-electron chi connectivity index (χ1n) is 6.07. The Kier molecular flexibility index (Phi) is 5.28. The number of carbonyl (C=O) groups excluding carboxylic acids is 1. The summed E-state index contributed by atoms with van der Waals surface area (Å²) in [6.45, 7) is 5.62. The Labute approximate surface area is 107 Å². The van der Waals surface area contributed by atoms with E-state index in [0.29, 0.717) is 5.56 Å². The molecule has 0 amide bonds. The highest BCUT2D eigenvalue weighted by atomic mass is 19.1. The quantitative estimate of drug-likeness (QED) is 0.822. The normalized spacial score (nSPS) is 14.3. The van der Waals surface area contributed by atoms with Crippen molar-refractivity contribution in [1.82, 2.24) is 0 Å². The molecule has 0 aliphatic heterocycles. The minimum absolute atomic E-state index is 0.0951. The van der Waals surface area contributed by atoms with Crippen molar-refractivity contribution in [2.75, 3.05) is 6.61 Å². The number of aliphatic hydroxyl groups is 1. The molecule has 100 valence electrons. The summed E-state index contributed by atoms with van der Waals surface area (Å²) in [6, 6.07) is 5.64. The van der Waals surface area contributed by atoms with Crippen molar-refractivity contribution in [2.24, 2.45) is 11.8 Å². The van der Waals surface area contributed by atoms with Crippen LogP contribution in [0.15, 0.2) is 24.3 Å². The van der Waals surface area contributed by atoms with Crippen LogP contribution < -0.4 is 0 Å². The van der Waals surface area contributed by atoms with Gasteiger partial charge in [-0.25, -0.2) is 4.39 Å². The van der Waals surface area contributed by atoms with Gasteiger partial charge in [0.15, 0.2) is 0 Å². The molecule has 0 heterocycles. The molecule has 0 aliphatic rings. The molecule has 1 N–H and O–H groups in total. The number of rotatable bonds is 5. The summed E-state index contributed by atoms with van der Waals surface area (Å²) in [5.74, 6) is -1.67. The number of ether oxygens (including phenoxy) is 1. The third-order valence-corrected chi connectivity index (χ3v) is 2.81. The predicted molar refractivity (Wildman–Crippen MR) is 66.3 cm³/mol. The van der Waals surface area contributed by atoms with Gasteiger partial charge in [-0.2, -0.15) is 0 Å². The van der Waals surface area contributed by atoms with Gasteiger partial charge in [-0.15, -0.1) is 0 Å². The zero-order valence-corrected chi connectivity index (χ0v) is 10.9. The number of halogens is 1. The highest BCUT2D eigenvalue weighted by molar-refractivity contribution is 5.73. The lowest BCUT2D eigenvalue weighted by molar-refractivity contribution is -0.154. The molecule has 0 spiro atoms. The Hall–Kier alpha value is -1.42. The van der Waals surface area contributed by atoms with E-state index >= 15 is 0 Å². The molecule has 0 saturated carbocycles. The van der Waals surface area contributed by atoms with Crippen LogP contribution in [0.3, 0.4) is 0 Å².